The highest BCUT2D eigenvalue weighted by Gasteiger charge is 2.34. The van der Waals surface area contributed by atoms with Gasteiger partial charge in [0.15, 0.2) is 11.0 Å². The van der Waals surface area contributed by atoms with Crippen molar-refractivity contribution in [2.24, 2.45) is 5.41 Å². The lowest BCUT2D eigenvalue weighted by molar-refractivity contribution is -0.123. The Bertz CT molecular complexity index is 662. The van der Waals surface area contributed by atoms with Crippen molar-refractivity contribution in [1.82, 2.24) is 20.4 Å². The summed E-state index contributed by atoms with van der Waals surface area (Å²) in [5.41, 5.74) is 0.00416. The Labute approximate surface area is 152 Å². The lowest BCUT2D eigenvalue weighted by Crippen LogP contribution is -2.35. The van der Waals surface area contributed by atoms with Crippen LogP contribution in [0.3, 0.4) is 0 Å². The van der Waals surface area contributed by atoms with Gasteiger partial charge in [0.2, 0.25) is 5.91 Å². The molecule has 1 saturated heterocycles. The molecular weight excluding hydrogens is 346 g/mol. The third-order valence-electron chi connectivity index (χ3n) is 3.86. The Kier molecular flexibility index (Phi) is 5.84. The van der Waals surface area contributed by atoms with Crippen LogP contribution < -0.4 is 10.6 Å². The molecule has 1 unspecified atom stereocenters. The van der Waals surface area contributed by atoms with Gasteiger partial charge in [-0.15, -0.1) is 10.2 Å². The molecule has 1 aliphatic heterocycles. The number of hydrogen-bond acceptors (Lipinski definition) is 5. The van der Waals surface area contributed by atoms with E-state index < -0.39 is 11.5 Å². The number of halogens is 1. The van der Waals surface area contributed by atoms with E-state index >= 15 is 0 Å². The summed E-state index contributed by atoms with van der Waals surface area (Å²) in [6, 6.07) is 1.05. The first kappa shape index (κ1) is 19.4. The van der Waals surface area contributed by atoms with Crippen LogP contribution in [-0.4, -0.2) is 53.3 Å². The number of methoxy groups -OCH3 is 1. The van der Waals surface area contributed by atoms with Crippen LogP contribution in [0, 0.1) is 5.41 Å². The fourth-order valence-corrected chi connectivity index (χ4v) is 2.70. The van der Waals surface area contributed by atoms with Crippen LogP contribution in [0.5, 0.6) is 0 Å². The van der Waals surface area contributed by atoms with Crippen molar-refractivity contribution in [3.63, 3.8) is 0 Å². The Hall–Kier alpha value is -1.93. The highest BCUT2D eigenvalue weighted by molar-refractivity contribution is 6.30. The van der Waals surface area contributed by atoms with Crippen molar-refractivity contribution in [2.45, 2.75) is 39.8 Å². The standard InChI is InChI=1S/C16H24ClN5O3/c1-9-7-22(15(24)18-9)11(8-25-5)10-6-12(20-21-13(10)17)19-14(23)16(2,3)4/h6,9,11H,7-8H2,1-5H3,(H,18,24)(H,19,20,23)/t9-,11?/m1/s1. The lowest BCUT2D eigenvalue weighted by Gasteiger charge is -2.27. The fraction of sp³-hybridized carbons (Fsp3) is 0.625. The summed E-state index contributed by atoms with van der Waals surface area (Å²) in [7, 11) is 1.55. The monoisotopic (exact) mass is 369 g/mol. The van der Waals surface area contributed by atoms with Crippen LogP contribution >= 0.6 is 11.6 Å². The molecule has 138 valence electrons. The Balaban J connectivity index is 2.32. The maximum Gasteiger partial charge on any atom is 0.318 e. The van der Waals surface area contributed by atoms with E-state index in [9.17, 15) is 9.59 Å². The third kappa shape index (κ3) is 4.58. The highest BCUT2D eigenvalue weighted by Crippen LogP contribution is 2.30. The van der Waals surface area contributed by atoms with Crippen molar-refractivity contribution < 1.29 is 14.3 Å². The minimum Gasteiger partial charge on any atom is -0.382 e. The Morgan fingerprint density at radius 2 is 2.20 bits per heavy atom. The normalized spacial score (nSPS) is 18.9. The van der Waals surface area contributed by atoms with Gasteiger partial charge in [-0.2, -0.15) is 0 Å². The number of rotatable bonds is 5. The van der Waals surface area contributed by atoms with Gasteiger partial charge in [-0.05, 0) is 13.0 Å². The zero-order valence-corrected chi connectivity index (χ0v) is 15.8. The van der Waals surface area contributed by atoms with E-state index in [1.807, 2.05) is 6.92 Å². The van der Waals surface area contributed by atoms with Crippen molar-refractivity contribution in [2.75, 3.05) is 25.6 Å². The molecule has 0 spiro atoms. The summed E-state index contributed by atoms with van der Waals surface area (Å²) in [6.45, 7) is 8.10. The fourth-order valence-electron chi connectivity index (χ4n) is 2.48. The van der Waals surface area contributed by atoms with Gasteiger partial charge in [0.1, 0.15) is 0 Å². The number of nitrogens with one attached hydrogen (secondary N) is 2. The molecule has 0 aromatic carbocycles. The molecule has 2 N–H and O–H groups in total. The van der Waals surface area contributed by atoms with Crippen LogP contribution in [0.25, 0.3) is 0 Å². The minimum absolute atomic E-state index is 0.0282. The summed E-state index contributed by atoms with van der Waals surface area (Å²) in [4.78, 5) is 26.0. The molecule has 1 aliphatic rings. The molecule has 0 aliphatic carbocycles. The number of carbonyl (C=O) groups excluding carboxylic acids is 2. The average molecular weight is 370 g/mol. The first-order valence-corrected chi connectivity index (χ1v) is 8.42. The number of urea groups is 1. The van der Waals surface area contributed by atoms with Gasteiger partial charge in [0.05, 0.1) is 12.6 Å². The second-order valence-electron chi connectivity index (χ2n) is 7.15. The minimum atomic E-state index is -0.572. The molecule has 0 saturated carbocycles. The van der Waals surface area contributed by atoms with Gasteiger partial charge in [-0.25, -0.2) is 4.79 Å². The van der Waals surface area contributed by atoms with Gasteiger partial charge >= 0.3 is 6.03 Å². The predicted octanol–water partition coefficient (Wildman–Crippen LogP) is 2.22. The van der Waals surface area contributed by atoms with Crippen LogP contribution in [0.4, 0.5) is 10.6 Å². The van der Waals surface area contributed by atoms with E-state index in [0.717, 1.165) is 0 Å². The van der Waals surface area contributed by atoms with Crippen LogP contribution in [0.2, 0.25) is 5.15 Å². The second-order valence-corrected chi connectivity index (χ2v) is 7.51. The topological polar surface area (TPSA) is 96.4 Å². The van der Waals surface area contributed by atoms with Crippen molar-refractivity contribution >= 4 is 29.4 Å². The van der Waals surface area contributed by atoms with Gasteiger partial charge < -0.3 is 20.3 Å². The average Bonchev–Trinajstić information content (AvgIpc) is 2.84. The largest absolute Gasteiger partial charge is 0.382 e. The Morgan fingerprint density at radius 3 is 2.72 bits per heavy atom. The number of ether oxygens (including phenoxy) is 1. The molecule has 9 heteroatoms. The van der Waals surface area contributed by atoms with Gasteiger partial charge in [-0.3, -0.25) is 4.79 Å². The molecule has 1 aromatic rings. The third-order valence-corrected chi connectivity index (χ3v) is 4.15. The van der Waals surface area contributed by atoms with Gasteiger partial charge in [0.25, 0.3) is 0 Å². The summed E-state index contributed by atoms with van der Waals surface area (Å²) >= 11 is 6.22. The molecule has 1 aromatic heterocycles. The number of hydrogen-bond donors (Lipinski definition) is 2. The molecule has 1 fully saturated rings. The maximum atomic E-state index is 12.2. The van der Waals surface area contributed by atoms with Gasteiger partial charge in [-0.1, -0.05) is 32.4 Å². The van der Waals surface area contributed by atoms with E-state index in [1.54, 1.807) is 38.8 Å². The summed E-state index contributed by atoms with van der Waals surface area (Å²) in [6.07, 6.45) is 0. The number of anilines is 1. The molecule has 2 atom stereocenters. The van der Waals surface area contributed by atoms with E-state index in [-0.39, 0.29) is 35.6 Å². The van der Waals surface area contributed by atoms with Crippen LogP contribution in [0.1, 0.15) is 39.3 Å². The smallest absolute Gasteiger partial charge is 0.318 e. The van der Waals surface area contributed by atoms with Crippen molar-refractivity contribution in [1.29, 1.82) is 0 Å². The molecule has 25 heavy (non-hydrogen) atoms. The van der Waals surface area contributed by atoms with Crippen LogP contribution in [-0.2, 0) is 9.53 Å². The van der Waals surface area contributed by atoms with Gasteiger partial charge in [0, 0.05) is 30.7 Å². The number of aromatic nitrogens is 2. The summed E-state index contributed by atoms with van der Waals surface area (Å²) < 4.78 is 5.27. The van der Waals surface area contributed by atoms with E-state index in [0.29, 0.717) is 12.1 Å². The molecule has 8 nitrogen and oxygen atoms in total. The number of nitrogens with zero attached hydrogens (tertiary/aromatic N) is 3. The quantitative estimate of drug-likeness (QED) is 0.829. The first-order valence-electron chi connectivity index (χ1n) is 8.04. The predicted molar refractivity (Wildman–Crippen MR) is 94.4 cm³/mol. The summed E-state index contributed by atoms with van der Waals surface area (Å²) in [5.74, 6) is 0.0963. The van der Waals surface area contributed by atoms with E-state index in [4.69, 9.17) is 16.3 Å². The molecule has 3 amide bonds. The number of carbonyl (C=O) groups is 2. The number of amides is 3. The molecule has 0 bridgehead atoms. The van der Waals surface area contributed by atoms with Crippen molar-refractivity contribution in [3.8, 4) is 0 Å². The molecule has 2 rings (SSSR count). The molecular formula is C16H24ClN5O3. The molecule has 2 heterocycles. The second kappa shape index (κ2) is 7.53. The Morgan fingerprint density at radius 1 is 1.52 bits per heavy atom. The van der Waals surface area contributed by atoms with E-state index in [1.165, 1.54) is 0 Å². The molecule has 0 radical (unpaired) electrons. The van der Waals surface area contributed by atoms with Crippen LogP contribution in [0.15, 0.2) is 6.07 Å². The first-order chi connectivity index (χ1) is 11.6. The lowest BCUT2D eigenvalue weighted by atomic mass is 9.96. The zero-order chi connectivity index (χ0) is 18.8. The van der Waals surface area contributed by atoms with Crippen molar-refractivity contribution in [3.05, 3.63) is 16.8 Å². The highest BCUT2D eigenvalue weighted by atomic mass is 35.5. The maximum absolute atomic E-state index is 12.2. The SMILES string of the molecule is COCC(c1cc(NC(=O)C(C)(C)C)nnc1Cl)N1C[C@@H](C)NC1=O. The summed E-state index contributed by atoms with van der Waals surface area (Å²) in [5, 5.41) is 13.6. The van der Waals surface area contributed by atoms with E-state index in [2.05, 4.69) is 20.8 Å². The zero-order valence-electron chi connectivity index (χ0n) is 15.1.